The minimum atomic E-state index is -0.447. The van der Waals surface area contributed by atoms with E-state index in [0.717, 1.165) is 46.2 Å². The maximum Gasteiger partial charge on any atom is 0.344 e. The number of rotatable bonds is 5. The Balaban J connectivity index is 1.27. The third-order valence-electron chi connectivity index (χ3n) is 7.10. The summed E-state index contributed by atoms with van der Waals surface area (Å²) in [5.74, 6) is 0.943. The number of esters is 1. The molecular weight excluding hydrogens is 484 g/mol. The zero-order valence-corrected chi connectivity index (χ0v) is 21.6. The molecule has 0 bridgehead atoms. The van der Waals surface area contributed by atoms with Crippen molar-refractivity contribution in [3.63, 3.8) is 0 Å². The normalized spacial score (nSPS) is 18.4. The van der Waals surface area contributed by atoms with Crippen molar-refractivity contribution >= 4 is 39.0 Å². The number of carbonyl (C=O) groups excluding carboxylic acids is 2. The van der Waals surface area contributed by atoms with Crippen molar-refractivity contribution < 1.29 is 19.1 Å². The molecule has 2 heterocycles. The summed E-state index contributed by atoms with van der Waals surface area (Å²) in [6.07, 6.45) is 2.69. The fourth-order valence-corrected chi connectivity index (χ4v) is 6.68. The summed E-state index contributed by atoms with van der Waals surface area (Å²) in [5, 5.41) is 9.36. The number of carbonyl (C=O) groups is 2. The second-order valence-corrected chi connectivity index (χ2v) is 10.8. The van der Waals surface area contributed by atoms with Crippen molar-refractivity contribution in [1.82, 2.24) is 5.32 Å². The molecule has 0 fully saturated rings. The van der Waals surface area contributed by atoms with E-state index >= 15 is 0 Å². The van der Waals surface area contributed by atoms with E-state index < -0.39 is 12.1 Å². The van der Waals surface area contributed by atoms with Gasteiger partial charge in [0.15, 0.2) is 11.5 Å². The van der Waals surface area contributed by atoms with Crippen LogP contribution < -0.4 is 20.1 Å². The van der Waals surface area contributed by atoms with Crippen LogP contribution in [0, 0.1) is 5.92 Å². The highest BCUT2D eigenvalue weighted by molar-refractivity contribution is 7.16. The summed E-state index contributed by atoms with van der Waals surface area (Å²) in [4.78, 5) is 27.6. The molecule has 188 valence electrons. The predicted octanol–water partition coefficient (Wildman–Crippen LogP) is 6.50. The molecule has 2 unspecified atom stereocenters. The molecule has 6 rings (SSSR count). The first-order chi connectivity index (χ1) is 18.0. The predicted molar refractivity (Wildman–Crippen MR) is 146 cm³/mol. The Morgan fingerprint density at radius 3 is 2.76 bits per heavy atom. The SMILES string of the molecule is CCOc1cc(C2NC(=O)c3c(sc4c3CCC(C)C4)N2)ccc1OC(=O)c1cccc2ccccc12. The average Bonchev–Trinajstić information content (AvgIpc) is 3.27. The first-order valence-corrected chi connectivity index (χ1v) is 13.5. The molecule has 4 aromatic rings. The Hall–Kier alpha value is -3.84. The van der Waals surface area contributed by atoms with E-state index in [1.54, 1.807) is 23.5 Å². The summed E-state index contributed by atoms with van der Waals surface area (Å²) in [5.41, 5.74) is 3.32. The van der Waals surface area contributed by atoms with Gasteiger partial charge in [-0.2, -0.15) is 0 Å². The van der Waals surface area contributed by atoms with E-state index in [9.17, 15) is 9.59 Å². The third-order valence-corrected chi connectivity index (χ3v) is 8.29. The summed E-state index contributed by atoms with van der Waals surface area (Å²) < 4.78 is 11.7. The van der Waals surface area contributed by atoms with Gasteiger partial charge in [-0.1, -0.05) is 49.4 Å². The lowest BCUT2D eigenvalue weighted by molar-refractivity contribution is 0.0730. The maximum absolute atomic E-state index is 13.1. The molecule has 2 N–H and O–H groups in total. The van der Waals surface area contributed by atoms with Crippen LogP contribution in [0.15, 0.2) is 60.7 Å². The van der Waals surface area contributed by atoms with Gasteiger partial charge in [-0.25, -0.2) is 4.79 Å². The van der Waals surface area contributed by atoms with E-state index in [1.165, 1.54) is 10.4 Å². The zero-order chi connectivity index (χ0) is 25.5. The van der Waals surface area contributed by atoms with E-state index in [2.05, 4.69) is 17.6 Å². The Labute approximate surface area is 219 Å². The molecule has 2 atom stereocenters. The molecule has 0 spiro atoms. The number of amides is 1. The number of fused-ring (bicyclic) bond motifs is 4. The van der Waals surface area contributed by atoms with Gasteiger partial charge >= 0.3 is 5.97 Å². The fourth-order valence-electron chi connectivity index (χ4n) is 5.24. The van der Waals surface area contributed by atoms with Crippen molar-refractivity contribution in [3.8, 4) is 11.5 Å². The van der Waals surface area contributed by atoms with Gasteiger partial charge < -0.3 is 20.1 Å². The Morgan fingerprint density at radius 2 is 1.89 bits per heavy atom. The Kier molecular flexibility index (Phi) is 6.08. The minimum Gasteiger partial charge on any atom is -0.490 e. The summed E-state index contributed by atoms with van der Waals surface area (Å²) >= 11 is 1.70. The van der Waals surface area contributed by atoms with Crippen molar-refractivity contribution in [3.05, 3.63) is 87.8 Å². The van der Waals surface area contributed by atoms with Crippen LogP contribution in [0.1, 0.15) is 63.2 Å². The van der Waals surface area contributed by atoms with Gasteiger partial charge in [0, 0.05) is 4.88 Å². The highest BCUT2D eigenvalue weighted by atomic mass is 32.1. The average molecular weight is 513 g/mol. The molecular formula is C30H28N2O4S. The number of ether oxygens (including phenoxy) is 2. The number of thiophene rings is 1. The smallest absolute Gasteiger partial charge is 0.344 e. The largest absolute Gasteiger partial charge is 0.490 e. The zero-order valence-electron chi connectivity index (χ0n) is 20.8. The van der Waals surface area contributed by atoms with Crippen LogP contribution in [0.3, 0.4) is 0 Å². The van der Waals surface area contributed by atoms with Crippen molar-refractivity contribution in [2.75, 3.05) is 11.9 Å². The van der Waals surface area contributed by atoms with Gasteiger partial charge in [-0.3, -0.25) is 4.79 Å². The second kappa shape index (κ2) is 9.56. The first-order valence-electron chi connectivity index (χ1n) is 12.7. The van der Waals surface area contributed by atoms with Crippen LogP contribution >= 0.6 is 11.3 Å². The number of nitrogens with one attached hydrogen (secondary N) is 2. The van der Waals surface area contributed by atoms with Crippen LogP contribution in [-0.4, -0.2) is 18.5 Å². The van der Waals surface area contributed by atoms with E-state index in [4.69, 9.17) is 9.47 Å². The fraction of sp³-hybridized carbons (Fsp3) is 0.267. The van der Waals surface area contributed by atoms with Crippen LogP contribution in [0.4, 0.5) is 5.00 Å². The van der Waals surface area contributed by atoms with Gasteiger partial charge in [0.1, 0.15) is 11.2 Å². The van der Waals surface area contributed by atoms with Crippen LogP contribution in [-0.2, 0) is 12.8 Å². The summed E-state index contributed by atoms with van der Waals surface area (Å²) in [6, 6.07) is 18.7. The lowest BCUT2D eigenvalue weighted by atomic mass is 9.88. The quantitative estimate of drug-likeness (QED) is 0.236. The second-order valence-electron chi connectivity index (χ2n) is 9.66. The molecule has 6 nitrogen and oxygen atoms in total. The van der Waals surface area contributed by atoms with Crippen LogP contribution in [0.2, 0.25) is 0 Å². The number of anilines is 1. The number of hydrogen-bond donors (Lipinski definition) is 2. The standard InChI is InChI=1S/C30H28N2O4S/c1-3-35-24-16-19(27-31-28(33)26-22-13-11-17(2)15-25(22)37-29(26)32-27)12-14-23(24)36-30(34)21-10-6-8-18-7-4-5-9-20(18)21/h4-10,12,14,16-17,27,32H,3,11,13,15H2,1-2H3,(H,31,33). The summed E-state index contributed by atoms with van der Waals surface area (Å²) in [6.45, 7) is 4.56. The van der Waals surface area contributed by atoms with E-state index in [1.807, 2.05) is 55.5 Å². The van der Waals surface area contributed by atoms with Gasteiger partial charge in [-0.05, 0) is 72.2 Å². The molecule has 1 aliphatic heterocycles. The Morgan fingerprint density at radius 1 is 1.05 bits per heavy atom. The van der Waals surface area contributed by atoms with Crippen LogP contribution in [0.25, 0.3) is 10.8 Å². The van der Waals surface area contributed by atoms with E-state index in [-0.39, 0.29) is 5.91 Å². The van der Waals surface area contributed by atoms with Gasteiger partial charge in [0.05, 0.1) is 17.7 Å². The van der Waals surface area contributed by atoms with Crippen molar-refractivity contribution in [2.24, 2.45) is 5.92 Å². The summed E-state index contributed by atoms with van der Waals surface area (Å²) in [7, 11) is 0. The molecule has 7 heteroatoms. The molecule has 37 heavy (non-hydrogen) atoms. The molecule has 3 aromatic carbocycles. The maximum atomic E-state index is 13.1. The topological polar surface area (TPSA) is 76.7 Å². The highest BCUT2D eigenvalue weighted by Crippen LogP contribution is 2.43. The van der Waals surface area contributed by atoms with Crippen LogP contribution in [0.5, 0.6) is 11.5 Å². The molecule has 1 aliphatic carbocycles. The highest BCUT2D eigenvalue weighted by Gasteiger charge is 2.33. The lowest BCUT2D eigenvalue weighted by Gasteiger charge is -2.27. The lowest BCUT2D eigenvalue weighted by Crippen LogP contribution is -2.38. The molecule has 0 saturated carbocycles. The van der Waals surface area contributed by atoms with Gasteiger partial charge in [-0.15, -0.1) is 11.3 Å². The van der Waals surface area contributed by atoms with Gasteiger partial charge in [0.25, 0.3) is 5.91 Å². The molecule has 2 aliphatic rings. The third kappa shape index (κ3) is 4.33. The molecule has 1 aromatic heterocycles. The van der Waals surface area contributed by atoms with Crippen molar-refractivity contribution in [2.45, 2.75) is 39.3 Å². The molecule has 0 saturated heterocycles. The van der Waals surface area contributed by atoms with Crippen molar-refractivity contribution in [1.29, 1.82) is 0 Å². The number of hydrogen-bond acceptors (Lipinski definition) is 6. The Bertz CT molecular complexity index is 1520. The monoisotopic (exact) mass is 512 g/mol. The number of benzene rings is 3. The molecule has 1 amide bonds. The van der Waals surface area contributed by atoms with Gasteiger partial charge in [0.2, 0.25) is 0 Å². The first kappa shape index (κ1) is 23.6. The molecule has 0 radical (unpaired) electrons. The minimum absolute atomic E-state index is 0.0461. The van der Waals surface area contributed by atoms with E-state index in [0.29, 0.717) is 29.6 Å².